The molecule has 0 aliphatic rings. The molecule has 0 fully saturated rings. The lowest BCUT2D eigenvalue weighted by molar-refractivity contribution is 0.567. The summed E-state index contributed by atoms with van der Waals surface area (Å²) in [6.45, 7) is 3.65. The van der Waals surface area contributed by atoms with Crippen molar-refractivity contribution in [3.8, 4) is 0 Å². The van der Waals surface area contributed by atoms with Crippen molar-refractivity contribution in [3.63, 3.8) is 0 Å². The van der Waals surface area contributed by atoms with Crippen molar-refractivity contribution in [3.05, 3.63) is 65.2 Å². The van der Waals surface area contributed by atoms with Gasteiger partial charge in [-0.25, -0.2) is 13.1 Å². The smallest absolute Gasteiger partial charge is 0.207 e. The van der Waals surface area contributed by atoms with Crippen molar-refractivity contribution in [2.75, 3.05) is 5.88 Å². The fourth-order valence-corrected chi connectivity index (χ4v) is 4.02. The van der Waals surface area contributed by atoms with E-state index in [0.29, 0.717) is 4.90 Å². The second kappa shape index (κ2) is 6.60. The van der Waals surface area contributed by atoms with Crippen LogP contribution in [0.2, 0.25) is 0 Å². The van der Waals surface area contributed by atoms with Gasteiger partial charge >= 0.3 is 0 Å². The summed E-state index contributed by atoms with van der Waals surface area (Å²) in [5.41, 5.74) is 2.47. The molecule has 1 atom stereocenters. The van der Waals surface area contributed by atoms with Gasteiger partial charge in [0.1, 0.15) is 0 Å². The third-order valence-corrected chi connectivity index (χ3v) is 5.21. The first-order valence-electron chi connectivity index (χ1n) is 6.64. The van der Waals surface area contributed by atoms with Crippen molar-refractivity contribution in [1.82, 2.24) is 4.72 Å². The molecule has 2 rings (SSSR count). The van der Waals surface area contributed by atoms with Crippen molar-refractivity contribution >= 4 is 21.6 Å². The molecule has 0 radical (unpaired) electrons. The lowest BCUT2D eigenvalue weighted by Crippen LogP contribution is -2.30. The predicted octanol–water partition coefficient (Wildman–Crippen LogP) is 3.56. The standard InChI is InChI=1S/C16H18ClNO2S/c1-12-8-9-13(2)16(10-12)21(19,20)18-15(11-17)14-6-4-3-5-7-14/h3-10,15,18H,11H2,1-2H3. The molecule has 1 N–H and O–H groups in total. The molecule has 3 nitrogen and oxygen atoms in total. The van der Waals surface area contributed by atoms with E-state index in [9.17, 15) is 8.42 Å². The third kappa shape index (κ3) is 3.84. The molecular weight excluding hydrogens is 306 g/mol. The largest absolute Gasteiger partial charge is 0.241 e. The summed E-state index contributed by atoms with van der Waals surface area (Å²) >= 11 is 5.94. The summed E-state index contributed by atoms with van der Waals surface area (Å²) in [5, 5.41) is 0. The van der Waals surface area contributed by atoms with E-state index < -0.39 is 16.1 Å². The summed E-state index contributed by atoms with van der Waals surface area (Å²) in [6.07, 6.45) is 0. The molecule has 5 heteroatoms. The highest BCUT2D eigenvalue weighted by atomic mass is 35.5. The van der Waals surface area contributed by atoms with Crippen LogP contribution in [0.5, 0.6) is 0 Å². The highest BCUT2D eigenvalue weighted by Crippen LogP contribution is 2.21. The molecule has 112 valence electrons. The van der Waals surface area contributed by atoms with Crippen LogP contribution in [-0.2, 0) is 10.0 Å². The molecule has 0 aliphatic heterocycles. The van der Waals surface area contributed by atoms with Crippen molar-refractivity contribution in [2.24, 2.45) is 0 Å². The molecule has 0 saturated carbocycles. The van der Waals surface area contributed by atoms with Gasteiger partial charge in [0.2, 0.25) is 10.0 Å². The molecule has 0 spiro atoms. The second-order valence-corrected chi connectivity index (χ2v) is 7.00. The summed E-state index contributed by atoms with van der Waals surface area (Å²) < 4.78 is 27.8. The minimum absolute atomic E-state index is 0.175. The van der Waals surface area contributed by atoms with Gasteiger partial charge in [0.15, 0.2) is 0 Å². The van der Waals surface area contributed by atoms with Crippen LogP contribution in [0.25, 0.3) is 0 Å². The van der Waals surface area contributed by atoms with Gasteiger partial charge in [-0.3, -0.25) is 0 Å². The third-order valence-electron chi connectivity index (χ3n) is 3.29. The van der Waals surface area contributed by atoms with Crippen LogP contribution in [0, 0.1) is 13.8 Å². The average Bonchev–Trinajstić information content (AvgIpc) is 2.48. The fraction of sp³-hybridized carbons (Fsp3) is 0.250. The Bertz CT molecular complexity index is 714. The minimum Gasteiger partial charge on any atom is -0.207 e. The first-order valence-corrected chi connectivity index (χ1v) is 8.66. The van der Waals surface area contributed by atoms with Gasteiger partial charge in [-0.15, -0.1) is 11.6 Å². The average molecular weight is 324 g/mol. The Hall–Kier alpha value is -1.36. The number of sulfonamides is 1. The predicted molar refractivity (Wildman–Crippen MR) is 86.1 cm³/mol. The van der Waals surface area contributed by atoms with Crippen LogP contribution in [0.4, 0.5) is 0 Å². The van der Waals surface area contributed by atoms with Gasteiger partial charge in [-0.2, -0.15) is 0 Å². The van der Waals surface area contributed by atoms with Crippen molar-refractivity contribution in [1.29, 1.82) is 0 Å². The number of halogens is 1. The summed E-state index contributed by atoms with van der Waals surface area (Å²) in [6, 6.07) is 14.3. The number of nitrogens with one attached hydrogen (secondary N) is 1. The van der Waals surface area contributed by atoms with E-state index in [1.807, 2.05) is 49.4 Å². The van der Waals surface area contributed by atoms with E-state index in [-0.39, 0.29) is 5.88 Å². The quantitative estimate of drug-likeness (QED) is 0.855. The molecule has 0 amide bonds. The van der Waals surface area contributed by atoms with Crippen LogP contribution in [0.1, 0.15) is 22.7 Å². The number of hydrogen-bond acceptors (Lipinski definition) is 2. The monoisotopic (exact) mass is 323 g/mol. The van der Waals surface area contributed by atoms with E-state index in [1.165, 1.54) is 0 Å². The number of alkyl halides is 1. The fourth-order valence-electron chi connectivity index (χ4n) is 2.12. The van der Waals surface area contributed by atoms with Gasteiger partial charge in [-0.1, -0.05) is 42.5 Å². The number of aryl methyl sites for hydroxylation is 2. The van der Waals surface area contributed by atoms with Crippen LogP contribution < -0.4 is 4.72 Å². The maximum absolute atomic E-state index is 12.6. The van der Waals surface area contributed by atoms with Gasteiger partial charge < -0.3 is 0 Å². The molecule has 2 aromatic carbocycles. The van der Waals surface area contributed by atoms with Crippen LogP contribution >= 0.6 is 11.6 Å². The SMILES string of the molecule is Cc1ccc(C)c(S(=O)(=O)NC(CCl)c2ccccc2)c1. The van der Waals surface area contributed by atoms with Gasteiger partial charge in [0.05, 0.1) is 10.9 Å². The first-order chi connectivity index (χ1) is 9.94. The topological polar surface area (TPSA) is 46.2 Å². The van der Waals surface area contributed by atoms with E-state index in [4.69, 9.17) is 11.6 Å². The van der Waals surface area contributed by atoms with E-state index in [2.05, 4.69) is 4.72 Å². The molecule has 0 heterocycles. The Morgan fingerprint density at radius 2 is 1.76 bits per heavy atom. The molecule has 0 aliphatic carbocycles. The van der Waals surface area contributed by atoms with Gasteiger partial charge in [0.25, 0.3) is 0 Å². The van der Waals surface area contributed by atoms with Crippen LogP contribution in [-0.4, -0.2) is 14.3 Å². The summed E-state index contributed by atoms with van der Waals surface area (Å²) in [5.74, 6) is 0.175. The Balaban J connectivity index is 2.34. The first kappa shape index (κ1) is 16.0. The normalized spacial score (nSPS) is 13.1. The molecule has 0 bridgehead atoms. The zero-order valence-corrected chi connectivity index (χ0v) is 13.6. The van der Waals surface area contributed by atoms with Crippen LogP contribution in [0.3, 0.4) is 0 Å². The Kier molecular flexibility index (Phi) is 5.04. The lowest BCUT2D eigenvalue weighted by atomic mass is 10.1. The number of hydrogen-bond donors (Lipinski definition) is 1. The minimum atomic E-state index is -3.61. The van der Waals surface area contributed by atoms with Crippen molar-refractivity contribution < 1.29 is 8.42 Å². The van der Waals surface area contributed by atoms with Crippen LogP contribution in [0.15, 0.2) is 53.4 Å². The van der Waals surface area contributed by atoms with Crippen molar-refractivity contribution in [2.45, 2.75) is 24.8 Å². The van der Waals surface area contributed by atoms with Gasteiger partial charge in [0, 0.05) is 5.88 Å². The summed E-state index contributed by atoms with van der Waals surface area (Å²) in [7, 11) is -3.61. The lowest BCUT2D eigenvalue weighted by Gasteiger charge is -2.18. The molecule has 1 unspecified atom stereocenters. The number of benzene rings is 2. The Morgan fingerprint density at radius 3 is 2.38 bits per heavy atom. The zero-order valence-electron chi connectivity index (χ0n) is 12.0. The van der Waals surface area contributed by atoms with E-state index in [1.54, 1.807) is 13.0 Å². The zero-order chi connectivity index (χ0) is 15.5. The molecule has 0 saturated heterocycles. The Labute approximate surface area is 131 Å². The highest BCUT2D eigenvalue weighted by Gasteiger charge is 2.22. The molecular formula is C16H18ClNO2S. The molecule has 2 aromatic rings. The number of rotatable bonds is 5. The van der Waals surface area contributed by atoms with E-state index in [0.717, 1.165) is 16.7 Å². The highest BCUT2D eigenvalue weighted by molar-refractivity contribution is 7.89. The molecule has 0 aromatic heterocycles. The summed E-state index contributed by atoms with van der Waals surface area (Å²) in [4.78, 5) is 0.300. The second-order valence-electron chi connectivity index (χ2n) is 5.01. The maximum atomic E-state index is 12.6. The van der Waals surface area contributed by atoms with Gasteiger partial charge in [-0.05, 0) is 36.6 Å². The van der Waals surface area contributed by atoms with E-state index >= 15 is 0 Å². The molecule has 21 heavy (non-hydrogen) atoms. The Morgan fingerprint density at radius 1 is 1.10 bits per heavy atom. The maximum Gasteiger partial charge on any atom is 0.241 e.